The van der Waals surface area contributed by atoms with E-state index in [2.05, 4.69) is 15.0 Å². The first-order valence-electron chi connectivity index (χ1n) is 8.02. The van der Waals surface area contributed by atoms with E-state index in [9.17, 15) is 18.3 Å². The molecule has 134 valence electrons. The number of nitrogens with one attached hydrogen (secondary N) is 1. The molecule has 1 saturated heterocycles. The summed E-state index contributed by atoms with van der Waals surface area (Å²) >= 11 is 0. The minimum Gasteiger partial charge on any atom is -0.508 e. The van der Waals surface area contributed by atoms with Crippen LogP contribution >= 0.6 is 0 Å². The van der Waals surface area contributed by atoms with Crippen LogP contribution in [0.5, 0.6) is 11.5 Å². The summed E-state index contributed by atoms with van der Waals surface area (Å²) in [4.78, 5) is 2.24. The summed E-state index contributed by atoms with van der Waals surface area (Å²) in [7, 11) is 0. The third-order valence-electron chi connectivity index (χ3n) is 4.13. The van der Waals surface area contributed by atoms with E-state index in [1.54, 1.807) is 30.3 Å². The van der Waals surface area contributed by atoms with Crippen LogP contribution in [0.1, 0.15) is 17.2 Å². The molecule has 1 fully saturated rings. The summed E-state index contributed by atoms with van der Waals surface area (Å²) in [5, 5.41) is 13.1. The van der Waals surface area contributed by atoms with Gasteiger partial charge in [-0.2, -0.15) is 0 Å². The fourth-order valence-corrected chi connectivity index (χ4v) is 3.10. The molecule has 2 N–H and O–H groups in total. The molecule has 0 saturated carbocycles. The van der Waals surface area contributed by atoms with Crippen molar-refractivity contribution in [2.45, 2.75) is 12.4 Å². The molecule has 25 heavy (non-hydrogen) atoms. The Balaban J connectivity index is 1.91. The lowest BCUT2D eigenvalue weighted by atomic mass is 9.96. The number of alkyl halides is 3. The number of phenols is 1. The molecule has 1 aliphatic heterocycles. The minimum absolute atomic E-state index is 0.144. The van der Waals surface area contributed by atoms with Gasteiger partial charge in [-0.1, -0.05) is 24.3 Å². The number of aromatic hydroxyl groups is 1. The van der Waals surface area contributed by atoms with Crippen LogP contribution in [-0.4, -0.2) is 42.5 Å². The van der Waals surface area contributed by atoms with Gasteiger partial charge >= 0.3 is 6.36 Å². The normalized spacial score (nSPS) is 17.2. The number of ether oxygens (including phenoxy) is 1. The van der Waals surface area contributed by atoms with E-state index in [-0.39, 0.29) is 17.5 Å². The highest BCUT2D eigenvalue weighted by atomic mass is 19.4. The molecule has 0 radical (unpaired) electrons. The highest BCUT2D eigenvalue weighted by Gasteiger charge is 2.31. The van der Waals surface area contributed by atoms with Crippen LogP contribution in [0.2, 0.25) is 0 Å². The fraction of sp³-hybridized carbons (Fsp3) is 0.333. The van der Waals surface area contributed by atoms with Gasteiger partial charge < -0.3 is 15.2 Å². The van der Waals surface area contributed by atoms with Crippen molar-refractivity contribution in [2.24, 2.45) is 0 Å². The summed E-state index contributed by atoms with van der Waals surface area (Å²) in [5.41, 5.74) is 1.74. The molecule has 0 bridgehead atoms. The molecule has 4 nitrogen and oxygen atoms in total. The van der Waals surface area contributed by atoms with Gasteiger partial charge in [0.25, 0.3) is 0 Å². The van der Waals surface area contributed by atoms with E-state index in [4.69, 9.17) is 0 Å². The van der Waals surface area contributed by atoms with E-state index in [1.807, 2.05) is 6.07 Å². The standard InChI is InChI=1S/C18H19F3N2O2/c19-18(20,21)25-16-6-4-13(5-7-16)17(23-10-8-22-9-11-23)14-2-1-3-15(24)12-14/h1-7,12,17,22,24H,8-11H2/t17-/m0/s1. The van der Waals surface area contributed by atoms with E-state index < -0.39 is 6.36 Å². The van der Waals surface area contributed by atoms with E-state index in [0.717, 1.165) is 37.3 Å². The molecule has 2 aromatic carbocycles. The smallest absolute Gasteiger partial charge is 0.508 e. The third kappa shape index (κ3) is 4.64. The molecule has 7 heteroatoms. The maximum atomic E-state index is 12.3. The second-order valence-corrected chi connectivity index (χ2v) is 5.90. The first-order valence-corrected chi connectivity index (χ1v) is 8.02. The first kappa shape index (κ1) is 17.6. The Morgan fingerprint density at radius 2 is 1.68 bits per heavy atom. The SMILES string of the molecule is Oc1cccc([C@H](c2ccc(OC(F)(F)F)cc2)N2CCNCC2)c1. The van der Waals surface area contributed by atoms with Gasteiger partial charge in [0.15, 0.2) is 0 Å². The van der Waals surface area contributed by atoms with Crippen molar-refractivity contribution in [1.82, 2.24) is 10.2 Å². The van der Waals surface area contributed by atoms with Crippen LogP contribution in [0.3, 0.4) is 0 Å². The lowest BCUT2D eigenvalue weighted by molar-refractivity contribution is -0.274. The van der Waals surface area contributed by atoms with Crippen LogP contribution in [-0.2, 0) is 0 Å². The molecule has 0 aromatic heterocycles. The third-order valence-corrected chi connectivity index (χ3v) is 4.13. The molecule has 1 heterocycles. The highest BCUT2D eigenvalue weighted by molar-refractivity contribution is 5.38. The predicted octanol–water partition coefficient (Wildman–Crippen LogP) is 3.29. The van der Waals surface area contributed by atoms with Gasteiger partial charge in [0.1, 0.15) is 11.5 Å². The zero-order chi connectivity index (χ0) is 17.9. The summed E-state index contributed by atoms with van der Waals surface area (Å²) in [6.45, 7) is 3.29. The molecular formula is C18H19F3N2O2. The Bertz CT molecular complexity index is 698. The molecular weight excluding hydrogens is 333 g/mol. The van der Waals surface area contributed by atoms with Crippen molar-refractivity contribution in [2.75, 3.05) is 26.2 Å². The second kappa shape index (κ2) is 7.33. The van der Waals surface area contributed by atoms with Gasteiger partial charge in [0.2, 0.25) is 0 Å². The Labute approximate surface area is 143 Å². The Hall–Kier alpha value is -2.25. The van der Waals surface area contributed by atoms with Crippen LogP contribution in [0.25, 0.3) is 0 Å². The Morgan fingerprint density at radius 1 is 1.00 bits per heavy atom. The van der Waals surface area contributed by atoms with Gasteiger partial charge in [-0.05, 0) is 35.4 Å². The molecule has 0 amide bonds. The maximum absolute atomic E-state index is 12.3. The number of halogens is 3. The average Bonchev–Trinajstić information content (AvgIpc) is 2.56. The van der Waals surface area contributed by atoms with Gasteiger partial charge in [-0.25, -0.2) is 0 Å². The number of benzene rings is 2. The van der Waals surface area contributed by atoms with Crippen molar-refractivity contribution >= 4 is 0 Å². The van der Waals surface area contributed by atoms with Gasteiger partial charge in [0, 0.05) is 26.2 Å². The Morgan fingerprint density at radius 3 is 2.28 bits per heavy atom. The minimum atomic E-state index is -4.70. The summed E-state index contributed by atoms with van der Waals surface area (Å²) in [5.74, 6) is -0.0825. The monoisotopic (exact) mass is 352 g/mol. The van der Waals surface area contributed by atoms with E-state index >= 15 is 0 Å². The number of hydrogen-bond donors (Lipinski definition) is 2. The van der Waals surface area contributed by atoms with Crippen molar-refractivity contribution in [3.8, 4) is 11.5 Å². The molecule has 2 aromatic rings. The topological polar surface area (TPSA) is 44.7 Å². The van der Waals surface area contributed by atoms with Gasteiger partial charge in [0.05, 0.1) is 6.04 Å². The van der Waals surface area contributed by atoms with Gasteiger partial charge in [-0.3, -0.25) is 4.90 Å². The van der Waals surface area contributed by atoms with E-state index in [1.165, 1.54) is 12.1 Å². The number of hydrogen-bond acceptors (Lipinski definition) is 4. The molecule has 0 unspecified atom stereocenters. The Kier molecular flexibility index (Phi) is 5.15. The van der Waals surface area contributed by atoms with Gasteiger partial charge in [-0.15, -0.1) is 13.2 Å². The lowest BCUT2D eigenvalue weighted by Crippen LogP contribution is -2.45. The molecule has 1 aliphatic rings. The number of nitrogens with zero attached hydrogens (tertiary/aromatic N) is 1. The second-order valence-electron chi connectivity index (χ2n) is 5.90. The first-order chi connectivity index (χ1) is 11.9. The fourth-order valence-electron chi connectivity index (χ4n) is 3.10. The average molecular weight is 352 g/mol. The molecule has 3 rings (SSSR count). The zero-order valence-corrected chi connectivity index (χ0v) is 13.5. The molecule has 0 aliphatic carbocycles. The number of phenolic OH excluding ortho intramolecular Hbond substituents is 1. The summed E-state index contributed by atoms with van der Waals surface area (Å²) in [6, 6.07) is 12.7. The largest absolute Gasteiger partial charge is 0.573 e. The molecule has 1 atom stereocenters. The predicted molar refractivity (Wildman–Crippen MR) is 87.5 cm³/mol. The zero-order valence-electron chi connectivity index (χ0n) is 13.5. The van der Waals surface area contributed by atoms with Crippen molar-refractivity contribution < 1.29 is 23.0 Å². The van der Waals surface area contributed by atoms with E-state index in [0.29, 0.717) is 0 Å². The molecule has 0 spiro atoms. The highest BCUT2D eigenvalue weighted by Crippen LogP contribution is 2.32. The maximum Gasteiger partial charge on any atom is 0.573 e. The summed E-state index contributed by atoms with van der Waals surface area (Å²) in [6.07, 6.45) is -4.70. The summed E-state index contributed by atoms with van der Waals surface area (Å²) < 4.78 is 40.9. The van der Waals surface area contributed by atoms with Crippen molar-refractivity contribution in [1.29, 1.82) is 0 Å². The van der Waals surface area contributed by atoms with Crippen molar-refractivity contribution in [3.63, 3.8) is 0 Å². The van der Waals surface area contributed by atoms with Crippen LogP contribution in [0.15, 0.2) is 48.5 Å². The van der Waals surface area contributed by atoms with Crippen LogP contribution in [0, 0.1) is 0 Å². The van der Waals surface area contributed by atoms with Crippen LogP contribution in [0.4, 0.5) is 13.2 Å². The number of piperazine rings is 1. The van der Waals surface area contributed by atoms with Crippen molar-refractivity contribution in [3.05, 3.63) is 59.7 Å². The van der Waals surface area contributed by atoms with Crippen LogP contribution < -0.4 is 10.1 Å². The lowest BCUT2D eigenvalue weighted by Gasteiger charge is -2.35. The quantitative estimate of drug-likeness (QED) is 0.886. The number of rotatable bonds is 4.